The quantitative estimate of drug-likeness (QED) is 0.696. The first-order valence-electron chi connectivity index (χ1n) is 9.71. The molecular formula is C20H19F2N5O4. The van der Waals surface area contributed by atoms with Crippen molar-refractivity contribution in [2.45, 2.75) is 18.8 Å². The van der Waals surface area contributed by atoms with E-state index in [1.807, 2.05) is 9.80 Å². The Balaban J connectivity index is 1.46. The molecule has 2 N–H and O–H groups in total. The topological polar surface area (TPSA) is 116 Å². The van der Waals surface area contributed by atoms with Crippen LogP contribution in [0.2, 0.25) is 0 Å². The fourth-order valence-electron chi connectivity index (χ4n) is 3.84. The number of piperidine rings is 1. The number of halogens is 2. The summed E-state index contributed by atoms with van der Waals surface area (Å²) in [6.07, 6.45) is 2.67. The summed E-state index contributed by atoms with van der Waals surface area (Å²) in [6, 6.07) is 2.42. The predicted octanol–water partition coefficient (Wildman–Crippen LogP) is 1.30. The van der Waals surface area contributed by atoms with Gasteiger partial charge in [-0.1, -0.05) is 0 Å². The van der Waals surface area contributed by atoms with Crippen molar-refractivity contribution >= 4 is 29.3 Å². The number of imide groups is 1. The van der Waals surface area contributed by atoms with Gasteiger partial charge in [-0.15, -0.1) is 0 Å². The third kappa shape index (κ3) is 4.16. The highest BCUT2D eigenvalue weighted by molar-refractivity contribution is 6.01. The van der Waals surface area contributed by atoms with E-state index in [0.717, 1.165) is 0 Å². The lowest BCUT2D eigenvalue weighted by molar-refractivity contribution is -0.134. The number of hydrogen-bond donors (Lipinski definition) is 2. The van der Waals surface area contributed by atoms with Gasteiger partial charge in [0.2, 0.25) is 11.8 Å². The maximum absolute atomic E-state index is 14.8. The lowest BCUT2D eigenvalue weighted by atomic mass is 9.89. The van der Waals surface area contributed by atoms with Crippen molar-refractivity contribution in [3.05, 3.63) is 47.4 Å². The monoisotopic (exact) mass is 431 g/mol. The number of nitrogens with one attached hydrogen (secondary N) is 1. The van der Waals surface area contributed by atoms with E-state index in [-0.39, 0.29) is 24.1 Å². The Bertz CT molecular complexity index is 1020. The molecule has 11 heteroatoms. The van der Waals surface area contributed by atoms with Crippen molar-refractivity contribution in [2.24, 2.45) is 0 Å². The molecule has 0 aliphatic carbocycles. The second kappa shape index (κ2) is 8.25. The highest BCUT2D eigenvalue weighted by Gasteiger charge is 2.33. The maximum atomic E-state index is 14.8. The van der Waals surface area contributed by atoms with Gasteiger partial charge >= 0.3 is 5.97 Å². The molecular weight excluding hydrogens is 412 g/mol. The van der Waals surface area contributed by atoms with E-state index in [9.17, 15) is 23.2 Å². The zero-order chi connectivity index (χ0) is 22.1. The van der Waals surface area contributed by atoms with Gasteiger partial charge in [0, 0.05) is 43.9 Å². The molecule has 1 aromatic carbocycles. The SMILES string of the molecule is O=C1CCC(c2c(F)cc(N3CCN(c4cnc(C(=O)O)cn4)CC3)cc2F)C(=O)N1. The highest BCUT2D eigenvalue weighted by Crippen LogP contribution is 2.32. The molecule has 0 saturated carbocycles. The average Bonchev–Trinajstić information content (AvgIpc) is 2.75. The molecule has 2 aliphatic rings. The molecule has 2 fully saturated rings. The summed E-state index contributed by atoms with van der Waals surface area (Å²) in [7, 11) is 0. The van der Waals surface area contributed by atoms with Crippen LogP contribution in [-0.2, 0) is 9.59 Å². The summed E-state index contributed by atoms with van der Waals surface area (Å²) in [6.45, 7) is 1.91. The fourth-order valence-corrected chi connectivity index (χ4v) is 3.84. The van der Waals surface area contributed by atoms with Crippen LogP contribution >= 0.6 is 0 Å². The number of anilines is 2. The number of hydrogen-bond acceptors (Lipinski definition) is 7. The van der Waals surface area contributed by atoms with Crippen LogP contribution in [-0.4, -0.2) is 59.0 Å². The van der Waals surface area contributed by atoms with Crippen LogP contribution in [0.15, 0.2) is 24.5 Å². The van der Waals surface area contributed by atoms with E-state index < -0.39 is 35.3 Å². The van der Waals surface area contributed by atoms with Crippen LogP contribution in [0.4, 0.5) is 20.3 Å². The molecule has 9 nitrogen and oxygen atoms in total. The van der Waals surface area contributed by atoms with Crippen LogP contribution < -0.4 is 15.1 Å². The number of aromatic nitrogens is 2. The summed E-state index contributed by atoms with van der Waals surface area (Å²) in [4.78, 5) is 45.8. The molecule has 1 unspecified atom stereocenters. The van der Waals surface area contributed by atoms with Crippen LogP contribution in [0.3, 0.4) is 0 Å². The summed E-state index contributed by atoms with van der Waals surface area (Å²) in [5.74, 6) is -4.44. The van der Waals surface area contributed by atoms with Gasteiger partial charge < -0.3 is 14.9 Å². The van der Waals surface area contributed by atoms with Crippen LogP contribution in [0.1, 0.15) is 34.8 Å². The maximum Gasteiger partial charge on any atom is 0.356 e. The van der Waals surface area contributed by atoms with Gasteiger partial charge in [0.15, 0.2) is 5.69 Å². The van der Waals surface area contributed by atoms with Crippen molar-refractivity contribution in [3.63, 3.8) is 0 Å². The molecule has 1 atom stereocenters. The predicted molar refractivity (Wildman–Crippen MR) is 105 cm³/mol. The Hall–Kier alpha value is -3.63. The Kier molecular flexibility index (Phi) is 5.49. The number of carbonyl (C=O) groups excluding carboxylic acids is 2. The Morgan fingerprint density at radius 3 is 2.23 bits per heavy atom. The first-order chi connectivity index (χ1) is 14.8. The number of amides is 2. The third-order valence-electron chi connectivity index (χ3n) is 5.48. The molecule has 0 bridgehead atoms. The molecule has 162 valence electrons. The van der Waals surface area contributed by atoms with Gasteiger partial charge in [-0.25, -0.2) is 23.5 Å². The Morgan fingerprint density at radius 2 is 1.68 bits per heavy atom. The summed E-state index contributed by atoms with van der Waals surface area (Å²) >= 11 is 0. The first kappa shape index (κ1) is 20.6. The molecule has 31 heavy (non-hydrogen) atoms. The van der Waals surface area contributed by atoms with Crippen LogP contribution in [0, 0.1) is 11.6 Å². The number of benzene rings is 1. The number of carboxylic acids is 1. The van der Waals surface area contributed by atoms with Crippen molar-refractivity contribution in [3.8, 4) is 0 Å². The number of carbonyl (C=O) groups is 3. The third-order valence-corrected chi connectivity index (χ3v) is 5.48. The number of carboxylic acid groups (broad SMARTS) is 1. The summed E-state index contributed by atoms with van der Waals surface area (Å²) in [5.41, 5.74) is -0.108. The molecule has 2 saturated heterocycles. The minimum Gasteiger partial charge on any atom is -0.476 e. The molecule has 2 amide bonds. The zero-order valence-electron chi connectivity index (χ0n) is 16.3. The van der Waals surface area contributed by atoms with Crippen molar-refractivity contribution in [1.29, 1.82) is 0 Å². The van der Waals surface area contributed by atoms with Gasteiger partial charge in [-0.3, -0.25) is 14.9 Å². The van der Waals surface area contributed by atoms with Crippen LogP contribution in [0.25, 0.3) is 0 Å². The van der Waals surface area contributed by atoms with Gasteiger partial charge in [-0.2, -0.15) is 0 Å². The number of nitrogens with zero attached hydrogens (tertiary/aromatic N) is 4. The van der Waals surface area contributed by atoms with Gasteiger partial charge in [-0.05, 0) is 18.6 Å². The second-order valence-electron chi connectivity index (χ2n) is 7.37. The van der Waals surface area contributed by atoms with E-state index in [0.29, 0.717) is 37.7 Å². The minimum atomic E-state index is -1.16. The lowest BCUT2D eigenvalue weighted by Crippen LogP contribution is -2.47. The summed E-state index contributed by atoms with van der Waals surface area (Å²) in [5, 5.41) is 11.0. The number of rotatable bonds is 4. The number of piperazine rings is 1. The van der Waals surface area contributed by atoms with E-state index in [4.69, 9.17) is 5.11 Å². The molecule has 4 rings (SSSR count). The molecule has 0 radical (unpaired) electrons. The Morgan fingerprint density at radius 1 is 1.03 bits per heavy atom. The van der Waals surface area contributed by atoms with E-state index in [1.165, 1.54) is 24.5 Å². The first-order valence-corrected chi connectivity index (χ1v) is 9.71. The van der Waals surface area contributed by atoms with E-state index in [2.05, 4.69) is 15.3 Å². The molecule has 1 aromatic heterocycles. The van der Waals surface area contributed by atoms with Crippen LogP contribution in [0.5, 0.6) is 0 Å². The second-order valence-corrected chi connectivity index (χ2v) is 7.37. The molecule has 2 aromatic rings. The largest absolute Gasteiger partial charge is 0.476 e. The molecule has 3 heterocycles. The fraction of sp³-hybridized carbons (Fsp3) is 0.350. The smallest absolute Gasteiger partial charge is 0.356 e. The van der Waals surface area contributed by atoms with Crippen molar-refractivity contribution in [1.82, 2.24) is 15.3 Å². The highest BCUT2D eigenvalue weighted by atomic mass is 19.1. The normalized spacial score (nSPS) is 19.4. The molecule has 0 spiro atoms. The zero-order valence-corrected chi connectivity index (χ0v) is 16.3. The van der Waals surface area contributed by atoms with Gasteiger partial charge in [0.25, 0.3) is 0 Å². The Labute approximate surface area is 175 Å². The van der Waals surface area contributed by atoms with Gasteiger partial charge in [0.1, 0.15) is 17.5 Å². The standard InChI is InChI=1S/C20H19F2N5O4/c21-13-7-11(8-14(22)18(13)12-1-2-17(28)25-19(12)29)26-3-5-27(6-4-26)16-10-23-15(9-24-16)20(30)31/h7-10,12H,1-6H2,(H,30,31)(H,25,28,29). The average molecular weight is 431 g/mol. The van der Waals surface area contributed by atoms with E-state index >= 15 is 0 Å². The molecule has 2 aliphatic heterocycles. The van der Waals surface area contributed by atoms with Crippen molar-refractivity contribution < 1.29 is 28.3 Å². The number of aromatic carboxylic acids is 1. The van der Waals surface area contributed by atoms with Crippen molar-refractivity contribution in [2.75, 3.05) is 36.0 Å². The van der Waals surface area contributed by atoms with E-state index in [1.54, 1.807) is 0 Å². The lowest BCUT2D eigenvalue weighted by Gasteiger charge is -2.36. The van der Waals surface area contributed by atoms with Gasteiger partial charge in [0.05, 0.1) is 18.3 Å². The minimum absolute atomic E-state index is 0.0370. The summed E-state index contributed by atoms with van der Waals surface area (Å²) < 4.78 is 29.5.